The lowest BCUT2D eigenvalue weighted by Crippen LogP contribution is -2.40. The Morgan fingerprint density at radius 3 is 2.83 bits per heavy atom. The van der Waals surface area contributed by atoms with Gasteiger partial charge in [-0.15, -0.1) is 0 Å². The van der Waals surface area contributed by atoms with Crippen LogP contribution in [0.4, 0.5) is 5.82 Å². The van der Waals surface area contributed by atoms with Crippen molar-refractivity contribution in [1.29, 1.82) is 0 Å². The number of nitrogens with one attached hydrogen (secondary N) is 1. The van der Waals surface area contributed by atoms with E-state index in [0.29, 0.717) is 24.0 Å². The molecule has 18 heavy (non-hydrogen) atoms. The Hall–Kier alpha value is -1.62. The minimum Gasteiger partial charge on any atom is -0.384 e. The minimum atomic E-state index is -0.0893. The topological polar surface area (TPSA) is 71.2 Å². The fraction of sp³-hybridized carbons (Fsp3) is 0.538. The number of nitrogens with zero attached hydrogens (tertiary/aromatic N) is 2. The number of hydrogen-bond donors (Lipinski definition) is 2. The van der Waals surface area contributed by atoms with E-state index in [-0.39, 0.29) is 5.91 Å². The van der Waals surface area contributed by atoms with E-state index < -0.39 is 0 Å². The van der Waals surface area contributed by atoms with Crippen molar-refractivity contribution in [3.8, 4) is 0 Å². The fourth-order valence-corrected chi connectivity index (χ4v) is 2.19. The van der Waals surface area contributed by atoms with Crippen LogP contribution in [0.15, 0.2) is 18.3 Å². The summed E-state index contributed by atoms with van der Waals surface area (Å²) in [6, 6.07) is 3.72. The molecule has 1 aromatic heterocycles. The highest BCUT2D eigenvalue weighted by atomic mass is 16.1. The number of amides is 1. The quantitative estimate of drug-likeness (QED) is 0.829. The first kappa shape index (κ1) is 12.8. The van der Waals surface area contributed by atoms with Gasteiger partial charge in [-0.2, -0.15) is 0 Å². The van der Waals surface area contributed by atoms with Gasteiger partial charge < -0.3 is 11.1 Å². The molecule has 0 aromatic carbocycles. The molecule has 1 aromatic rings. The Bertz CT molecular complexity index is 398. The Kier molecular flexibility index (Phi) is 4.15. The van der Waals surface area contributed by atoms with E-state index in [9.17, 15) is 4.79 Å². The summed E-state index contributed by atoms with van der Waals surface area (Å²) in [6.45, 7) is 5.09. The molecule has 1 aliphatic heterocycles. The molecule has 5 heteroatoms. The zero-order valence-electron chi connectivity index (χ0n) is 10.7. The fourth-order valence-electron chi connectivity index (χ4n) is 2.19. The summed E-state index contributed by atoms with van der Waals surface area (Å²) in [6.07, 6.45) is 4.03. The molecule has 3 N–H and O–H groups in total. The van der Waals surface area contributed by atoms with Crippen molar-refractivity contribution in [1.82, 2.24) is 15.2 Å². The third kappa shape index (κ3) is 3.20. The first-order valence-corrected chi connectivity index (χ1v) is 6.40. The van der Waals surface area contributed by atoms with Crippen molar-refractivity contribution in [2.24, 2.45) is 0 Å². The molecule has 5 nitrogen and oxygen atoms in total. The Balaban J connectivity index is 1.82. The maximum atomic E-state index is 11.9. The first-order valence-electron chi connectivity index (χ1n) is 6.40. The summed E-state index contributed by atoms with van der Waals surface area (Å²) in [7, 11) is 0. The van der Waals surface area contributed by atoms with Crippen LogP contribution in [-0.4, -0.2) is 41.5 Å². The summed E-state index contributed by atoms with van der Waals surface area (Å²) in [4.78, 5) is 18.2. The van der Waals surface area contributed by atoms with E-state index in [1.54, 1.807) is 12.1 Å². The van der Waals surface area contributed by atoms with Gasteiger partial charge in [0, 0.05) is 18.8 Å². The highest BCUT2D eigenvalue weighted by Crippen LogP contribution is 2.10. The third-order valence-electron chi connectivity index (χ3n) is 3.37. The molecular weight excluding hydrogens is 228 g/mol. The number of rotatable bonds is 4. The summed E-state index contributed by atoms with van der Waals surface area (Å²) in [5.74, 6) is 0.338. The molecule has 0 aliphatic carbocycles. The van der Waals surface area contributed by atoms with Crippen molar-refractivity contribution in [3.63, 3.8) is 0 Å². The van der Waals surface area contributed by atoms with Crippen molar-refractivity contribution in [2.75, 3.05) is 25.4 Å². The smallest absolute Gasteiger partial charge is 0.252 e. The van der Waals surface area contributed by atoms with E-state index in [4.69, 9.17) is 5.73 Å². The van der Waals surface area contributed by atoms with Crippen molar-refractivity contribution < 1.29 is 4.79 Å². The molecule has 0 bridgehead atoms. The van der Waals surface area contributed by atoms with E-state index >= 15 is 0 Å². The number of likely N-dealkylation sites (tertiary alicyclic amines) is 1. The number of nitrogens with two attached hydrogens (primary N) is 1. The SMILES string of the molecule is CC(CNC(=O)c1ccc(N)nc1)N1CCCC1. The highest BCUT2D eigenvalue weighted by Gasteiger charge is 2.18. The lowest BCUT2D eigenvalue weighted by atomic mass is 10.2. The molecule has 2 heterocycles. The molecule has 2 rings (SSSR count). The maximum Gasteiger partial charge on any atom is 0.252 e. The van der Waals surface area contributed by atoms with Crippen LogP contribution >= 0.6 is 0 Å². The summed E-state index contributed by atoms with van der Waals surface area (Å²) < 4.78 is 0. The molecule has 1 atom stereocenters. The number of anilines is 1. The van der Waals surface area contributed by atoms with Gasteiger partial charge in [-0.05, 0) is 45.0 Å². The number of nitrogen functional groups attached to an aromatic ring is 1. The highest BCUT2D eigenvalue weighted by molar-refractivity contribution is 5.94. The Morgan fingerprint density at radius 1 is 1.50 bits per heavy atom. The Morgan fingerprint density at radius 2 is 2.22 bits per heavy atom. The number of aromatic nitrogens is 1. The van der Waals surface area contributed by atoms with Crippen LogP contribution < -0.4 is 11.1 Å². The molecule has 98 valence electrons. The van der Waals surface area contributed by atoms with Gasteiger partial charge in [-0.25, -0.2) is 4.98 Å². The molecule has 1 unspecified atom stereocenters. The molecule has 0 spiro atoms. The van der Waals surface area contributed by atoms with Crippen LogP contribution in [0.5, 0.6) is 0 Å². The monoisotopic (exact) mass is 248 g/mol. The molecule has 0 radical (unpaired) electrons. The molecule has 1 amide bonds. The summed E-state index contributed by atoms with van der Waals surface area (Å²) in [5.41, 5.74) is 6.04. The average molecular weight is 248 g/mol. The van der Waals surface area contributed by atoms with Gasteiger partial charge in [0.25, 0.3) is 5.91 Å². The van der Waals surface area contributed by atoms with Gasteiger partial charge in [0.05, 0.1) is 5.56 Å². The zero-order valence-corrected chi connectivity index (χ0v) is 10.7. The van der Waals surface area contributed by atoms with E-state index in [1.807, 2.05) is 0 Å². The normalized spacial score (nSPS) is 17.6. The second-order valence-electron chi connectivity index (χ2n) is 4.77. The summed E-state index contributed by atoms with van der Waals surface area (Å²) >= 11 is 0. The van der Waals surface area contributed by atoms with Gasteiger partial charge in [0.2, 0.25) is 0 Å². The third-order valence-corrected chi connectivity index (χ3v) is 3.37. The van der Waals surface area contributed by atoms with Crippen molar-refractivity contribution >= 4 is 11.7 Å². The van der Waals surface area contributed by atoms with Crippen LogP contribution in [0.25, 0.3) is 0 Å². The minimum absolute atomic E-state index is 0.0893. The second-order valence-corrected chi connectivity index (χ2v) is 4.77. The largest absolute Gasteiger partial charge is 0.384 e. The number of carbonyl (C=O) groups excluding carboxylic acids is 1. The summed E-state index contributed by atoms with van der Waals surface area (Å²) in [5, 5.41) is 2.93. The van der Waals surface area contributed by atoms with Crippen LogP contribution in [0, 0.1) is 0 Å². The predicted octanol–water partition coefficient (Wildman–Crippen LogP) is 0.878. The zero-order chi connectivity index (χ0) is 13.0. The van der Waals surface area contributed by atoms with Gasteiger partial charge in [0.15, 0.2) is 0 Å². The molecular formula is C13H20N4O. The van der Waals surface area contributed by atoms with Crippen LogP contribution in [-0.2, 0) is 0 Å². The van der Waals surface area contributed by atoms with Crippen LogP contribution in [0.2, 0.25) is 0 Å². The average Bonchev–Trinajstić information content (AvgIpc) is 2.90. The van der Waals surface area contributed by atoms with Gasteiger partial charge in [0.1, 0.15) is 5.82 Å². The second kappa shape index (κ2) is 5.82. The number of pyridine rings is 1. The van der Waals surface area contributed by atoms with Crippen molar-refractivity contribution in [2.45, 2.75) is 25.8 Å². The van der Waals surface area contributed by atoms with Gasteiger partial charge in [-0.3, -0.25) is 9.69 Å². The lowest BCUT2D eigenvalue weighted by molar-refractivity contribution is 0.0940. The van der Waals surface area contributed by atoms with E-state index in [2.05, 4.69) is 22.1 Å². The molecule has 1 saturated heterocycles. The van der Waals surface area contributed by atoms with Crippen LogP contribution in [0.1, 0.15) is 30.1 Å². The van der Waals surface area contributed by atoms with Gasteiger partial charge >= 0.3 is 0 Å². The maximum absolute atomic E-state index is 11.9. The number of hydrogen-bond acceptors (Lipinski definition) is 4. The lowest BCUT2D eigenvalue weighted by Gasteiger charge is -2.23. The molecule has 1 aliphatic rings. The molecule has 0 saturated carbocycles. The first-order chi connectivity index (χ1) is 8.66. The van der Waals surface area contributed by atoms with Crippen LogP contribution in [0.3, 0.4) is 0 Å². The van der Waals surface area contributed by atoms with E-state index in [0.717, 1.165) is 13.1 Å². The standard InChI is InChI=1S/C13H20N4O/c1-10(17-6-2-3-7-17)8-16-13(18)11-4-5-12(14)15-9-11/h4-5,9-10H,2-3,6-8H2,1H3,(H2,14,15)(H,16,18). The molecule has 1 fully saturated rings. The van der Waals surface area contributed by atoms with Crippen molar-refractivity contribution in [3.05, 3.63) is 23.9 Å². The Labute approximate surface area is 107 Å². The van der Waals surface area contributed by atoms with Gasteiger partial charge in [-0.1, -0.05) is 0 Å². The van der Waals surface area contributed by atoms with E-state index in [1.165, 1.54) is 19.0 Å². The predicted molar refractivity (Wildman–Crippen MR) is 71.3 cm³/mol. The number of carbonyl (C=O) groups is 1.